The Morgan fingerprint density at radius 1 is 0.286 bits per heavy atom. The highest BCUT2D eigenvalue weighted by Crippen LogP contribution is 2.78. The molecular formula is C17H14F18. The molecule has 35 heavy (non-hydrogen) atoms. The molecule has 0 amide bonds. The van der Waals surface area contributed by atoms with Gasteiger partial charge in [0.2, 0.25) is 0 Å². The Bertz CT molecular complexity index is 763. The van der Waals surface area contributed by atoms with Crippen molar-refractivity contribution in [3.8, 4) is 0 Å². The van der Waals surface area contributed by atoms with Crippen molar-refractivity contribution in [1.82, 2.24) is 0 Å². The Hall–Kier alpha value is -1.26. The molecule has 18 heteroatoms. The first-order valence-corrected chi connectivity index (χ1v) is 9.11. The van der Waals surface area contributed by atoms with Crippen LogP contribution in [0.15, 0.2) is 0 Å². The van der Waals surface area contributed by atoms with Crippen molar-refractivity contribution >= 4 is 0 Å². The van der Waals surface area contributed by atoms with E-state index in [1.54, 1.807) is 0 Å². The van der Waals surface area contributed by atoms with Crippen LogP contribution in [-0.2, 0) is 0 Å². The molecule has 0 radical (unpaired) electrons. The summed E-state index contributed by atoms with van der Waals surface area (Å²) in [6.45, 7) is -3.75. The summed E-state index contributed by atoms with van der Waals surface area (Å²) in [5, 5.41) is 0. The molecule has 4 unspecified atom stereocenters. The molecule has 0 N–H and O–H groups in total. The zero-order chi connectivity index (χ0) is 28.7. The van der Waals surface area contributed by atoms with Gasteiger partial charge in [0.05, 0.1) is 10.8 Å². The molecule has 2 saturated carbocycles. The number of hydrogen-bond acceptors (Lipinski definition) is 0. The fourth-order valence-electron chi connectivity index (χ4n) is 4.62. The van der Waals surface area contributed by atoms with Gasteiger partial charge in [-0.1, -0.05) is 13.8 Å². The van der Waals surface area contributed by atoms with Gasteiger partial charge in [-0.3, -0.25) is 0 Å². The molecule has 0 aliphatic heterocycles. The van der Waals surface area contributed by atoms with Gasteiger partial charge in [0.1, 0.15) is 0 Å². The minimum Gasteiger partial charge on any atom is -0.236 e. The van der Waals surface area contributed by atoms with E-state index in [0.29, 0.717) is 0 Å². The number of rotatable bonds is 2. The highest BCUT2D eigenvalue weighted by molar-refractivity contribution is 5.31. The molecular weight excluding hydrogens is 546 g/mol. The van der Waals surface area contributed by atoms with Crippen LogP contribution in [0.25, 0.3) is 0 Å². The Morgan fingerprint density at radius 2 is 0.457 bits per heavy atom. The fourth-order valence-corrected chi connectivity index (χ4v) is 4.62. The van der Waals surface area contributed by atoms with Crippen LogP contribution in [0.2, 0.25) is 0 Å². The molecule has 0 aromatic heterocycles. The first kappa shape index (κ1) is 30.0. The van der Waals surface area contributed by atoms with Gasteiger partial charge in [0, 0.05) is 0 Å². The highest BCUT2D eigenvalue weighted by Gasteiger charge is 3.00. The Labute approximate surface area is 184 Å². The lowest BCUT2D eigenvalue weighted by Crippen LogP contribution is -2.85. The quantitative estimate of drug-likeness (QED) is 0.301. The van der Waals surface area contributed by atoms with E-state index < -0.39 is 104 Å². The monoisotopic (exact) mass is 560 g/mol. The summed E-state index contributed by atoms with van der Waals surface area (Å²) in [5.74, 6) is -57.1. The largest absolute Gasteiger partial charge is 0.381 e. The molecule has 2 aliphatic rings. The maximum atomic E-state index is 15.1. The van der Waals surface area contributed by atoms with Crippen molar-refractivity contribution in [3.05, 3.63) is 0 Å². The second-order valence-electron chi connectivity index (χ2n) is 9.44. The van der Waals surface area contributed by atoms with Crippen LogP contribution in [0.4, 0.5) is 79.0 Å². The van der Waals surface area contributed by atoms with E-state index in [4.69, 9.17) is 0 Å². The van der Waals surface area contributed by atoms with Crippen LogP contribution < -0.4 is 0 Å². The van der Waals surface area contributed by atoms with Crippen LogP contribution in [0.3, 0.4) is 0 Å². The first-order valence-electron chi connectivity index (χ1n) is 9.11. The summed E-state index contributed by atoms with van der Waals surface area (Å²) >= 11 is 0. The summed E-state index contributed by atoms with van der Waals surface area (Å²) < 4.78 is 256. The van der Waals surface area contributed by atoms with E-state index >= 15 is 8.78 Å². The average molecular weight is 560 g/mol. The predicted molar refractivity (Wildman–Crippen MR) is 79.4 cm³/mol. The van der Waals surface area contributed by atoms with Crippen molar-refractivity contribution < 1.29 is 79.0 Å². The topological polar surface area (TPSA) is 0 Å². The van der Waals surface area contributed by atoms with E-state index in [9.17, 15) is 70.2 Å². The van der Waals surface area contributed by atoms with Crippen molar-refractivity contribution in [1.29, 1.82) is 0 Å². The van der Waals surface area contributed by atoms with Gasteiger partial charge in [-0.05, 0) is 20.3 Å². The van der Waals surface area contributed by atoms with Gasteiger partial charge < -0.3 is 0 Å². The van der Waals surface area contributed by atoms with Crippen molar-refractivity contribution in [2.24, 2.45) is 10.8 Å². The molecule has 0 heterocycles. The minimum absolute atomic E-state index is 0.898. The van der Waals surface area contributed by atoms with E-state index in [1.165, 1.54) is 0 Å². The van der Waals surface area contributed by atoms with E-state index in [1.807, 2.05) is 0 Å². The van der Waals surface area contributed by atoms with Gasteiger partial charge in [0.15, 0.2) is 11.3 Å². The summed E-state index contributed by atoms with van der Waals surface area (Å²) in [5.41, 5.74) is -22.6. The zero-order valence-corrected chi connectivity index (χ0v) is 17.5. The molecule has 0 nitrogen and oxygen atoms in total. The highest BCUT2D eigenvalue weighted by atomic mass is 19.4. The average Bonchev–Trinajstić information content (AvgIpc) is 2.64. The molecule has 0 spiro atoms. The lowest BCUT2D eigenvalue weighted by molar-refractivity contribution is -0.486. The smallest absolute Gasteiger partial charge is 0.236 e. The fraction of sp³-hybridized carbons (Fsp3) is 1.00. The SMILES string of the molecule is CC1(F)C(F)(F)C(F)(F)C(F)(F)C(F)(F)C1(C)CC1(C)C(C)(F)C(F)(F)C(F)(F)C(F)(F)C1(F)F. The molecule has 0 bridgehead atoms. The van der Waals surface area contributed by atoms with Gasteiger partial charge in [0.25, 0.3) is 0 Å². The summed E-state index contributed by atoms with van der Waals surface area (Å²) in [4.78, 5) is 0. The van der Waals surface area contributed by atoms with Crippen LogP contribution in [0.1, 0.15) is 34.1 Å². The van der Waals surface area contributed by atoms with Crippen LogP contribution >= 0.6 is 0 Å². The van der Waals surface area contributed by atoms with Crippen molar-refractivity contribution in [2.45, 2.75) is 92.8 Å². The number of alkyl halides is 18. The Balaban J connectivity index is 3.01. The van der Waals surface area contributed by atoms with Crippen LogP contribution in [-0.4, -0.2) is 58.7 Å². The van der Waals surface area contributed by atoms with E-state index in [-0.39, 0.29) is 0 Å². The van der Waals surface area contributed by atoms with Gasteiger partial charge in [-0.15, -0.1) is 0 Å². The number of halogens is 18. The van der Waals surface area contributed by atoms with Gasteiger partial charge in [-0.2, -0.15) is 70.2 Å². The van der Waals surface area contributed by atoms with Crippen LogP contribution in [0, 0.1) is 10.8 Å². The maximum Gasteiger partial charge on any atom is 0.381 e. The van der Waals surface area contributed by atoms with Crippen molar-refractivity contribution in [2.75, 3.05) is 0 Å². The summed E-state index contributed by atoms with van der Waals surface area (Å²) in [7, 11) is 0. The zero-order valence-electron chi connectivity index (χ0n) is 17.5. The van der Waals surface area contributed by atoms with Gasteiger partial charge >= 0.3 is 47.4 Å². The third-order valence-electron chi connectivity index (χ3n) is 7.71. The van der Waals surface area contributed by atoms with Crippen molar-refractivity contribution in [3.63, 3.8) is 0 Å². The van der Waals surface area contributed by atoms with E-state index in [2.05, 4.69) is 0 Å². The normalized spacial score (nSPS) is 46.1. The van der Waals surface area contributed by atoms with Crippen LogP contribution in [0.5, 0.6) is 0 Å². The lowest BCUT2D eigenvalue weighted by Gasteiger charge is -2.63. The predicted octanol–water partition coefficient (Wildman–Crippen LogP) is 7.96. The molecule has 2 fully saturated rings. The Morgan fingerprint density at radius 3 is 0.657 bits per heavy atom. The molecule has 2 aliphatic carbocycles. The third kappa shape index (κ3) is 2.43. The first-order chi connectivity index (χ1) is 14.7. The lowest BCUT2D eigenvalue weighted by atomic mass is 9.48. The van der Waals surface area contributed by atoms with Gasteiger partial charge in [-0.25, -0.2) is 8.78 Å². The third-order valence-corrected chi connectivity index (χ3v) is 7.71. The molecule has 2 rings (SSSR count). The Kier molecular flexibility index (Phi) is 5.49. The molecule has 0 saturated heterocycles. The number of hydrogen-bond donors (Lipinski definition) is 0. The second kappa shape index (κ2) is 6.41. The molecule has 208 valence electrons. The second-order valence-corrected chi connectivity index (χ2v) is 9.44. The summed E-state index contributed by atoms with van der Waals surface area (Å²) in [6, 6.07) is 0. The minimum atomic E-state index is -7.37. The molecule has 0 aromatic carbocycles. The standard InChI is InChI=1S/C17H14F18/c1-6(8(3,18)12(24,25)16(32,33)14(28,29)10(6,20)21)5-7(2)9(4,19)13(26,27)17(34,35)15(30,31)11(7,22)23/h5H2,1-4H3. The van der Waals surface area contributed by atoms with E-state index in [0.717, 1.165) is 0 Å². The molecule has 4 atom stereocenters. The molecule has 0 aromatic rings. The maximum absolute atomic E-state index is 15.1. The summed E-state index contributed by atoms with van der Waals surface area (Å²) in [6.07, 6.45) is -3.59.